The number of rotatable bonds is 47. The van der Waals surface area contributed by atoms with Crippen LogP contribution in [0.5, 0.6) is 0 Å². The van der Waals surface area contributed by atoms with E-state index < -0.39 is 6.10 Å². The predicted octanol–water partition coefficient (Wildman–Crippen LogP) is 16.7. The van der Waals surface area contributed by atoms with Gasteiger partial charge in [-0.2, -0.15) is 0 Å². The number of esters is 2. The van der Waals surface area contributed by atoms with Crippen LogP contribution in [0.25, 0.3) is 0 Å². The first-order chi connectivity index (χ1) is 28.6. The molecule has 0 spiro atoms. The van der Waals surface area contributed by atoms with E-state index in [2.05, 4.69) is 50.3 Å². The largest absolute Gasteiger partial charge is 0.462 e. The lowest BCUT2D eigenvalue weighted by atomic mass is 10.0. The quantitative estimate of drug-likeness (QED) is 0.0376. The number of ether oxygens (including phenoxy) is 2. The van der Waals surface area contributed by atoms with E-state index in [0.717, 1.165) is 51.4 Å². The van der Waals surface area contributed by atoms with E-state index in [4.69, 9.17) is 9.47 Å². The molecule has 0 aromatic rings. The smallest absolute Gasteiger partial charge is 0.306 e. The minimum Gasteiger partial charge on any atom is -0.462 e. The van der Waals surface area contributed by atoms with Gasteiger partial charge in [-0.3, -0.25) is 9.59 Å². The normalized spacial score (nSPS) is 12.4. The fraction of sp³-hybridized carbons (Fsp3) is 0.849. The molecule has 1 N–H and O–H groups in total. The number of carbonyl (C=O) groups is 2. The lowest BCUT2D eigenvalue weighted by molar-refractivity contribution is -0.161. The molecule has 0 aliphatic heterocycles. The SMILES string of the molecule is CCCCCCC/C=C\C/C=C\C/C=C\CCCCCCCCCCCCCCCCCCCCCCCCCCC(=O)OC(CO)COC(=O)CCCCCCC. The van der Waals surface area contributed by atoms with Gasteiger partial charge in [0, 0.05) is 12.8 Å². The Balaban J connectivity index is 3.32. The van der Waals surface area contributed by atoms with Gasteiger partial charge in [0.1, 0.15) is 6.61 Å². The van der Waals surface area contributed by atoms with Crippen LogP contribution in [0.3, 0.4) is 0 Å². The number of aliphatic hydroxyl groups is 1. The Morgan fingerprint density at radius 2 is 0.690 bits per heavy atom. The Kier molecular flexibility index (Phi) is 47.9. The maximum atomic E-state index is 12.1. The molecule has 0 aliphatic rings. The number of carbonyl (C=O) groups excluding carboxylic acids is 2. The zero-order valence-electron chi connectivity index (χ0n) is 38.8. The molecule has 0 aromatic carbocycles. The van der Waals surface area contributed by atoms with Crippen LogP contribution in [0.2, 0.25) is 0 Å². The van der Waals surface area contributed by atoms with Crippen molar-refractivity contribution in [1.82, 2.24) is 0 Å². The highest BCUT2D eigenvalue weighted by atomic mass is 16.6. The molecule has 0 radical (unpaired) electrons. The van der Waals surface area contributed by atoms with E-state index in [-0.39, 0.29) is 25.2 Å². The van der Waals surface area contributed by atoms with E-state index >= 15 is 0 Å². The standard InChI is InChI=1S/C53H98O5/c1-3-5-7-9-10-11-12-13-14-15-16-17-18-19-20-21-22-23-24-25-26-27-28-29-30-31-32-33-34-35-36-37-38-39-40-41-42-44-46-48-53(56)58-51(49-54)50-57-52(55)47-45-43-8-6-4-2/h12-13,15-16,18-19,51,54H,3-11,14,17,20-50H2,1-2H3/b13-12-,16-15-,19-18-. The van der Waals surface area contributed by atoms with E-state index in [0.29, 0.717) is 12.8 Å². The average Bonchev–Trinajstić information content (AvgIpc) is 3.23. The van der Waals surface area contributed by atoms with Gasteiger partial charge in [0.25, 0.3) is 0 Å². The zero-order valence-corrected chi connectivity index (χ0v) is 38.8. The van der Waals surface area contributed by atoms with Gasteiger partial charge in [-0.05, 0) is 51.4 Å². The van der Waals surface area contributed by atoms with Gasteiger partial charge in [-0.1, -0.05) is 243 Å². The van der Waals surface area contributed by atoms with Crippen molar-refractivity contribution in [2.75, 3.05) is 13.2 Å². The van der Waals surface area contributed by atoms with Crippen LogP contribution in [0, 0.1) is 0 Å². The molecule has 58 heavy (non-hydrogen) atoms. The van der Waals surface area contributed by atoms with E-state index in [1.54, 1.807) is 0 Å². The molecule has 0 aliphatic carbocycles. The second-order valence-corrected chi connectivity index (χ2v) is 17.3. The third-order valence-electron chi connectivity index (χ3n) is 11.4. The van der Waals surface area contributed by atoms with Crippen molar-refractivity contribution in [3.8, 4) is 0 Å². The maximum absolute atomic E-state index is 12.1. The van der Waals surface area contributed by atoms with Gasteiger partial charge in [-0.25, -0.2) is 0 Å². The summed E-state index contributed by atoms with van der Waals surface area (Å²) in [6.45, 7) is 4.05. The molecule has 0 fully saturated rings. The molecule has 5 heteroatoms. The molecule has 0 saturated heterocycles. The summed E-state index contributed by atoms with van der Waals surface area (Å²) in [6.07, 6.45) is 63.2. The molecule has 0 heterocycles. The monoisotopic (exact) mass is 815 g/mol. The van der Waals surface area contributed by atoms with Crippen molar-refractivity contribution >= 4 is 11.9 Å². The topological polar surface area (TPSA) is 72.8 Å². The molecule has 0 bridgehead atoms. The lowest BCUT2D eigenvalue weighted by Gasteiger charge is -2.15. The first-order valence-corrected chi connectivity index (χ1v) is 25.5. The van der Waals surface area contributed by atoms with Crippen molar-refractivity contribution < 1.29 is 24.2 Å². The van der Waals surface area contributed by atoms with E-state index in [9.17, 15) is 14.7 Å². The van der Waals surface area contributed by atoms with E-state index in [1.165, 1.54) is 193 Å². The molecule has 1 atom stereocenters. The minimum absolute atomic E-state index is 0.0623. The third kappa shape index (κ3) is 46.8. The van der Waals surface area contributed by atoms with E-state index in [1.807, 2.05) is 0 Å². The summed E-state index contributed by atoms with van der Waals surface area (Å²) in [7, 11) is 0. The maximum Gasteiger partial charge on any atom is 0.306 e. The highest BCUT2D eigenvalue weighted by molar-refractivity contribution is 5.70. The van der Waals surface area contributed by atoms with Crippen LogP contribution >= 0.6 is 0 Å². The number of hydrogen-bond donors (Lipinski definition) is 1. The van der Waals surface area contributed by atoms with Gasteiger partial charge < -0.3 is 14.6 Å². The number of allylic oxidation sites excluding steroid dienone is 6. The third-order valence-corrected chi connectivity index (χ3v) is 11.4. The lowest BCUT2D eigenvalue weighted by Crippen LogP contribution is -2.28. The molecule has 0 aromatic heterocycles. The van der Waals surface area contributed by atoms with Crippen LogP contribution in [0.1, 0.15) is 271 Å². The summed E-state index contributed by atoms with van der Waals surface area (Å²) in [5.41, 5.74) is 0. The molecule has 0 rings (SSSR count). The molecule has 1 unspecified atom stereocenters. The fourth-order valence-corrected chi connectivity index (χ4v) is 7.56. The molecule has 0 amide bonds. The molecule has 340 valence electrons. The summed E-state index contributed by atoms with van der Waals surface area (Å²) in [5.74, 6) is -0.594. The Labute approximate surface area is 361 Å². The highest BCUT2D eigenvalue weighted by Gasteiger charge is 2.16. The summed E-state index contributed by atoms with van der Waals surface area (Å²) in [4.78, 5) is 24.0. The van der Waals surface area contributed by atoms with Crippen LogP contribution in [0.15, 0.2) is 36.5 Å². The Morgan fingerprint density at radius 1 is 0.397 bits per heavy atom. The number of aliphatic hydroxyl groups excluding tert-OH is 1. The van der Waals surface area contributed by atoms with Crippen molar-refractivity contribution in [2.45, 2.75) is 277 Å². The molecule has 0 saturated carbocycles. The molecule has 5 nitrogen and oxygen atoms in total. The average molecular weight is 815 g/mol. The predicted molar refractivity (Wildman–Crippen MR) is 251 cm³/mol. The Hall–Kier alpha value is -1.88. The zero-order chi connectivity index (χ0) is 42.1. The van der Waals surface area contributed by atoms with Crippen molar-refractivity contribution in [2.24, 2.45) is 0 Å². The highest BCUT2D eigenvalue weighted by Crippen LogP contribution is 2.17. The second kappa shape index (κ2) is 49.5. The first kappa shape index (κ1) is 56.1. The van der Waals surface area contributed by atoms with Crippen molar-refractivity contribution in [1.29, 1.82) is 0 Å². The van der Waals surface area contributed by atoms with Gasteiger partial charge in [0.2, 0.25) is 0 Å². The summed E-state index contributed by atoms with van der Waals surface area (Å²) >= 11 is 0. The summed E-state index contributed by atoms with van der Waals surface area (Å²) in [5, 5.41) is 9.50. The van der Waals surface area contributed by atoms with Crippen LogP contribution in [-0.2, 0) is 19.1 Å². The van der Waals surface area contributed by atoms with Crippen LogP contribution < -0.4 is 0 Å². The van der Waals surface area contributed by atoms with Gasteiger partial charge in [-0.15, -0.1) is 0 Å². The molecular weight excluding hydrogens is 717 g/mol. The summed E-state index contributed by atoms with van der Waals surface area (Å²) in [6, 6.07) is 0. The number of hydrogen-bond acceptors (Lipinski definition) is 5. The first-order valence-electron chi connectivity index (χ1n) is 25.5. The summed E-state index contributed by atoms with van der Waals surface area (Å²) < 4.78 is 10.5. The Bertz CT molecular complexity index is 924. The Morgan fingerprint density at radius 3 is 1.03 bits per heavy atom. The fourth-order valence-electron chi connectivity index (χ4n) is 7.56. The number of unbranched alkanes of at least 4 members (excludes halogenated alkanes) is 33. The molecular formula is C53H98O5. The second-order valence-electron chi connectivity index (χ2n) is 17.3. The van der Waals surface area contributed by atoms with Crippen molar-refractivity contribution in [3.05, 3.63) is 36.5 Å². The van der Waals surface area contributed by atoms with Crippen molar-refractivity contribution in [3.63, 3.8) is 0 Å². The van der Waals surface area contributed by atoms with Gasteiger partial charge in [0.15, 0.2) is 6.10 Å². The minimum atomic E-state index is -0.763. The van der Waals surface area contributed by atoms with Crippen LogP contribution in [-0.4, -0.2) is 36.4 Å². The van der Waals surface area contributed by atoms with Gasteiger partial charge >= 0.3 is 11.9 Å². The van der Waals surface area contributed by atoms with Crippen LogP contribution in [0.4, 0.5) is 0 Å². The van der Waals surface area contributed by atoms with Gasteiger partial charge in [0.05, 0.1) is 6.61 Å².